The summed E-state index contributed by atoms with van der Waals surface area (Å²) in [6.07, 6.45) is -8.30. The molecule has 0 spiro atoms. The molecule has 2 aromatic carbocycles. The van der Waals surface area contributed by atoms with E-state index in [2.05, 4.69) is 31.9 Å². The third-order valence-corrected chi connectivity index (χ3v) is 7.22. The molecule has 1 nitrogen and oxygen atoms in total. The van der Waals surface area contributed by atoms with Crippen molar-refractivity contribution < 1.29 is 35.5 Å². The standard InChI is InChI=1S/C22H14Br2ClF7O/c23-16-7-12(8-17(24)20(16)25)14(21(27,28)29)9-18(26)11-3-4-13(15(6-11)22(30,31)32)19(33)5-10-1-2-10/h3-4,6-10,14H,1-2,5H2/b18-9-. The minimum atomic E-state index is -4.99. The molecule has 0 aliphatic heterocycles. The van der Waals surface area contributed by atoms with Gasteiger partial charge in [0, 0.05) is 26.5 Å². The summed E-state index contributed by atoms with van der Waals surface area (Å²) >= 11 is 11.9. The lowest BCUT2D eigenvalue weighted by Gasteiger charge is -2.19. The number of hydrogen-bond donors (Lipinski definition) is 0. The molecule has 1 atom stereocenters. The number of allylic oxidation sites excluding steroid dienone is 1. The predicted octanol–water partition coefficient (Wildman–Crippen LogP) is 9.52. The maximum atomic E-state index is 14.9. The van der Waals surface area contributed by atoms with Crippen LogP contribution in [0.3, 0.4) is 0 Å². The number of hydrogen-bond acceptors (Lipinski definition) is 1. The van der Waals surface area contributed by atoms with E-state index in [-0.39, 0.29) is 37.9 Å². The predicted molar refractivity (Wildman–Crippen MR) is 118 cm³/mol. The van der Waals surface area contributed by atoms with Gasteiger partial charge in [-0.1, -0.05) is 23.7 Å². The lowest BCUT2D eigenvalue weighted by Crippen LogP contribution is -2.19. The highest BCUT2D eigenvalue weighted by Crippen LogP contribution is 2.43. The van der Waals surface area contributed by atoms with Crippen molar-refractivity contribution in [3.8, 4) is 0 Å². The van der Waals surface area contributed by atoms with E-state index in [9.17, 15) is 35.5 Å². The van der Waals surface area contributed by atoms with Gasteiger partial charge in [-0.25, -0.2) is 4.39 Å². The van der Waals surface area contributed by atoms with Crippen LogP contribution in [0.1, 0.15) is 52.2 Å². The van der Waals surface area contributed by atoms with Crippen LogP contribution in [0.2, 0.25) is 5.02 Å². The first-order valence-electron chi connectivity index (χ1n) is 9.51. The third-order valence-electron chi connectivity index (χ3n) is 5.10. The molecule has 0 heterocycles. The van der Waals surface area contributed by atoms with Crippen LogP contribution in [-0.2, 0) is 6.18 Å². The van der Waals surface area contributed by atoms with Crippen molar-refractivity contribution in [1.82, 2.24) is 0 Å². The molecule has 1 aliphatic rings. The van der Waals surface area contributed by atoms with Gasteiger partial charge >= 0.3 is 12.4 Å². The molecular formula is C22H14Br2ClF7O. The first kappa shape index (κ1) is 26.2. The maximum absolute atomic E-state index is 14.9. The first-order valence-corrected chi connectivity index (χ1v) is 11.5. The third kappa shape index (κ3) is 6.39. The summed E-state index contributed by atoms with van der Waals surface area (Å²) < 4.78 is 96.9. The lowest BCUT2D eigenvalue weighted by molar-refractivity contribution is -0.140. The summed E-state index contributed by atoms with van der Waals surface area (Å²) in [6.45, 7) is 0. The van der Waals surface area contributed by atoms with Gasteiger partial charge in [-0.2, -0.15) is 26.3 Å². The fourth-order valence-electron chi connectivity index (χ4n) is 3.24. The van der Waals surface area contributed by atoms with Gasteiger partial charge in [0.2, 0.25) is 0 Å². The van der Waals surface area contributed by atoms with Crippen molar-refractivity contribution in [1.29, 1.82) is 0 Å². The lowest BCUT2D eigenvalue weighted by atomic mass is 9.94. The zero-order valence-corrected chi connectivity index (χ0v) is 20.4. The van der Waals surface area contributed by atoms with Crippen LogP contribution in [0.4, 0.5) is 30.7 Å². The van der Waals surface area contributed by atoms with E-state index in [0.29, 0.717) is 6.07 Å². The van der Waals surface area contributed by atoms with E-state index >= 15 is 0 Å². The molecule has 11 heteroatoms. The highest BCUT2D eigenvalue weighted by atomic mass is 79.9. The SMILES string of the molecule is O=C(CC1CC1)c1ccc(/C(F)=C/C(c2cc(Br)c(Cl)c(Br)c2)C(F)(F)F)cc1C(F)(F)F. The van der Waals surface area contributed by atoms with Gasteiger partial charge in [0.05, 0.1) is 10.6 Å². The van der Waals surface area contributed by atoms with Crippen LogP contribution < -0.4 is 0 Å². The Labute approximate surface area is 206 Å². The molecule has 3 rings (SSSR count). The fourth-order valence-corrected chi connectivity index (χ4v) is 4.57. The Kier molecular flexibility index (Phi) is 7.70. The van der Waals surface area contributed by atoms with Crippen LogP contribution in [-0.4, -0.2) is 12.0 Å². The maximum Gasteiger partial charge on any atom is 0.417 e. The van der Waals surface area contributed by atoms with E-state index in [1.54, 1.807) is 0 Å². The number of carbonyl (C=O) groups excluding carboxylic acids is 1. The molecule has 0 saturated heterocycles. The largest absolute Gasteiger partial charge is 0.417 e. The summed E-state index contributed by atoms with van der Waals surface area (Å²) in [5.74, 6) is -4.68. The Morgan fingerprint density at radius 1 is 1.06 bits per heavy atom. The Morgan fingerprint density at radius 3 is 2.12 bits per heavy atom. The molecule has 0 bridgehead atoms. The second-order valence-corrected chi connectivity index (χ2v) is 9.75. The van der Waals surface area contributed by atoms with Crippen molar-refractivity contribution in [2.24, 2.45) is 5.92 Å². The van der Waals surface area contributed by atoms with Gasteiger partial charge < -0.3 is 0 Å². The number of carbonyl (C=O) groups is 1. The zero-order chi connectivity index (χ0) is 24.7. The molecule has 0 radical (unpaired) electrons. The Hall–Kier alpha value is -1.39. The van der Waals surface area contributed by atoms with E-state index < -0.39 is 46.6 Å². The molecule has 1 aliphatic carbocycles. The Balaban J connectivity index is 2.04. The normalized spacial score (nSPS) is 16.1. The van der Waals surface area contributed by atoms with Crippen molar-refractivity contribution in [2.45, 2.75) is 37.5 Å². The molecule has 0 amide bonds. The molecule has 1 fully saturated rings. The number of Topliss-reactive ketones (excluding diaryl/α,β-unsaturated/α-hetero) is 1. The molecule has 0 N–H and O–H groups in total. The van der Waals surface area contributed by atoms with Gasteiger partial charge in [0.1, 0.15) is 11.7 Å². The number of ketones is 1. The summed E-state index contributed by atoms with van der Waals surface area (Å²) in [5, 5.41) is 0.102. The molecule has 33 heavy (non-hydrogen) atoms. The second kappa shape index (κ2) is 9.70. The average molecular weight is 623 g/mol. The Morgan fingerprint density at radius 2 is 1.64 bits per heavy atom. The zero-order valence-electron chi connectivity index (χ0n) is 16.4. The summed E-state index contributed by atoms with van der Waals surface area (Å²) in [5.41, 5.74) is -3.10. The van der Waals surface area contributed by atoms with Crippen LogP contribution in [0.25, 0.3) is 5.83 Å². The van der Waals surface area contributed by atoms with Crippen molar-refractivity contribution in [3.05, 3.63) is 72.6 Å². The van der Waals surface area contributed by atoms with E-state index in [1.165, 1.54) is 0 Å². The van der Waals surface area contributed by atoms with Crippen LogP contribution in [0.5, 0.6) is 0 Å². The minimum absolute atomic E-state index is 0.0282. The van der Waals surface area contributed by atoms with Gasteiger partial charge in [-0.15, -0.1) is 0 Å². The molecular weight excluding hydrogens is 608 g/mol. The molecule has 2 aromatic rings. The summed E-state index contributed by atoms with van der Waals surface area (Å²) in [7, 11) is 0. The highest BCUT2D eigenvalue weighted by Gasteiger charge is 2.41. The van der Waals surface area contributed by atoms with Crippen molar-refractivity contribution >= 4 is 55.1 Å². The smallest absolute Gasteiger partial charge is 0.294 e. The van der Waals surface area contributed by atoms with Gasteiger partial charge in [0.25, 0.3) is 0 Å². The van der Waals surface area contributed by atoms with Crippen LogP contribution >= 0.6 is 43.5 Å². The molecule has 1 saturated carbocycles. The topological polar surface area (TPSA) is 17.1 Å². The van der Waals surface area contributed by atoms with Crippen LogP contribution in [0, 0.1) is 5.92 Å². The second-order valence-electron chi connectivity index (χ2n) is 7.66. The number of rotatable bonds is 6. The summed E-state index contributed by atoms with van der Waals surface area (Å²) in [4.78, 5) is 12.3. The van der Waals surface area contributed by atoms with Gasteiger partial charge in [0.15, 0.2) is 5.78 Å². The molecule has 1 unspecified atom stereocenters. The van der Waals surface area contributed by atoms with Gasteiger partial charge in [-0.3, -0.25) is 4.79 Å². The van der Waals surface area contributed by atoms with E-state index in [1.807, 2.05) is 0 Å². The average Bonchev–Trinajstić information content (AvgIpc) is 3.51. The van der Waals surface area contributed by atoms with Crippen molar-refractivity contribution in [3.63, 3.8) is 0 Å². The van der Waals surface area contributed by atoms with E-state index in [4.69, 9.17) is 11.6 Å². The first-order chi connectivity index (χ1) is 15.2. The number of halogens is 10. The monoisotopic (exact) mass is 620 g/mol. The fraction of sp³-hybridized carbons (Fsp3) is 0.318. The Bertz CT molecular complexity index is 1080. The van der Waals surface area contributed by atoms with Gasteiger partial charge in [-0.05, 0) is 80.5 Å². The number of alkyl halides is 6. The van der Waals surface area contributed by atoms with Crippen molar-refractivity contribution in [2.75, 3.05) is 0 Å². The van der Waals surface area contributed by atoms with E-state index in [0.717, 1.165) is 37.1 Å². The quantitative estimate of drug-likeness (QED) is 0.178. The minimum Gasteiger partial charge on any atom is -0.294 e. The van der Waals surface area contributed by atoms with Crippen LogP contribution in [0.15, 0.2) is 45.4 Å². The number of benzene rings is 2. The highest BCUT2D eigenvalue weighted by molar-refractivity contribution is 9.11. The molecule has 178 valence electrons. The summed E-state index contributed by atoms with van der Waals surface area (Å²) in [6, 6.07) is 4.16. The molecule has 0 aromatic heterocycles.